The molecule has 0 N–H and O–H groups in total. The number of ether oxygens (including phenoxy) is 2. The van der Waals surface area contributed by atoms with Gasteiger partial charge in [-0.25, -0.2) is 0 Å². The smallest absolute Gasteiger partial charge is 0.169 e. The van der Waals surface area contributed by atoms with E-state index in [4.69, 9.17) is 9.47 Å². The van der Waals surface area contributed by atoms with Crippen LogP contribution in [0.2, 0.25) is 0 Å². The van der Waals surface area contributed by atoms with Gasteiger partial charge in [0, 0.05) is 0 Å². The second-order valence-corrected chi connectivity index (χ2v) is 2.42. The van der Waals surface area contributed by atoms with Gasteiger partial charge in [-0.05, 0) is 18.2 Å². The highest BCUT2D eigenvalue weighted by atomic mass is 16.5. The molecule has 0 amide bonds. The first-order valence-electron chi connectivity index (χ1n) is 3.90. The number of para-hydroxylation sites is 2. The molecule has 0 radical (unpaired) electrons. The predicted octanol–water partition coefficient (Wildman–Crippen LogP) is 2.77. The summed E-state index contributed by atoms with van der Waals surface area (Å²) in [7, 11) is 1.60. The van der Waals surface area contributed by atoms with E-state index in [0.29, 0.717) is 17.3 Å². The van der Waals surface area contributed by atoms with Crippen molar-refractivity contribution in [2.75, 3.05) is 7.11 Å². The minimum atomic E-state index is 0.504. The summed E-state index contributed by atoms with van der Waals surface area (Å²) in [4.78, 5) is 0. The van der Waals surface area contributed by atoms with E-state index in [0.717, 1.165) is 0 Å². The normalized spacial score (nSPS) is 9.00. The average molecular weight is 176 g/mol. The molecule has 0 saturated heterocycles. The highest BCUT2D eigenvalue weighted by molar-refractivity contribution is 5.40. The van der Waals surface area contributed by atoms with E-state index in [1.807, 2.05) is 24.3 Å². The third-order valence-electron chi connectivity index (χ3n) is 1.54. The molecule has 13 heavy (non-hydrogen) atoms. The van der Waals surface area contributed by atoms with Gasteiger partial charge in [0.25, 0.3) is 0 Å². The van der Waals surface area contributed by atoms with Gasteiger partial charge in [-0.2, -0.15) is 0 Å². The van der Waals surface area contributed by atoms with Crippen LogP contribution >= 0.6 is 0 Å². The van der Waals surface area contributed by atoms with Crippen LogP contribution < -0.4 is 9.47 Å². The van der Waals surface area contributed by atoms with Gasteiger partial charge in [-0.1, -0.05) is 25.3 Å². The standard InChI is InChI=1S/C11H12O2/c1-4-9(2)13-11-8-6-5-7-10(11)12-3/h4-8H,1-2H2,3H3. The highest BCUT2D eigenvalue weighted by Crippen LogP contribution is 2.27. The van der Waals surface area contributed by atoms with Crippen molar-refractivity contribution in [3.8, 4) is 11.5 Å². The van der Waals surface area contributed by atoms with Gasteiger partial charge in [0.15, 0.2) is 11.5 Å². The van der Waals surface area contributed by atoms with Crippen molar-refractivity contribution in [2.24, 2.45) is 0 Å². The summed E-state index contributed by atoms with van der Waals surface area (Å²) in [5.74, 6) is 1.84. The Hall–Kier alpha value is -1.70. The van der Waals surface area contributed by atoms with Gasteiger partial charge in [-0.3, -0.25) is 0 Å². The summed E-state index contributed by atoms with van der Waals surface area (Å²) >= 11 is 0. The summed E-state index contributed by atoms with van der Waals surface area (Å²) in [5.41, 5.74) is 0. The minimum absolute atomic E-state index is 0.504. The Kier molecular flexibility index (Phi) is 3.15. The maximum Gasteiger partial charge on any atom is 0.169 e. The summed E-state index contributed by atoms with van der Waals surface area (Å²) < 4.78 is 10.4. The molecule has 0 spiro atoms. The molecule has 2 heteroatoms. The van der Waals surface area contributed by atoms with Crippen LogP contribution in [0.4, 0.5) is 0 Å². The van der Waals surface area contributed by atoms with Crippen molar-refractivity contribution in [1.29, 1.82) is 0 Å². The molecule has 0 aliphatic heterocycles. The first kappa shape index (κ1) is 9.39. The van der Waals surface area contributed by atoms with Gasteiger partial charge in [0.1, 0.15) is 5.76 Å². The maximum atomic E-state index is 5.35. The highest BCUT2D eigenvalue weighted by Gasteiger charge is 2.01. The van der Waals surface area contributed by atoms with Crippen LogP contribution in [0.25, 0.3) is 0 Å². The van der Waals surface area contributed by atoms with Crippen LogP contribution in [0.5, 0.6) is 11.5 Å². The molecular formula is C11H12O2. The van der Waals surface area contributed by atoms with Crippen LogP contribution in [0, 0.1) is 0 Å². The molecular weight excluding hydrogens is 164 g/mol. The molecule has 1 aromatic rings. The quantitative estimate of drug-likeness (QED) is 0.518. The average Bonchev–Trinajstić information content (AvgIpc) is 2.18. The van der Waals surface area contributed by atoms with Crippen molar-refractivity contribution in [2.45, 2.75) is 0 Å². The number of allylic oxidation sites excluding steroid dienone is 1. The molecule has 0 heterocycles. The van der Waals surface area contributed by atoms with Gasteiger partial charge in [-0.15, -0.1) is 0 Å². The first-order chi connectivity index (χ1) is 6.27. The number of hydrogen-bond acceptors (Lipinski definition) is 2. The Balaban J connectivity index is 2.86. The molecule has 1 aromatic carbocycles. The number of hydrogen-bond donors (Lipinski definition) is 0. The van der Waals surface area contributed by atoms with Crippen LogP contribution in [0.15, 0.2) is 49.3 Å². The molecule has 0 bridgehead atoms. The third-order valence-corrected chi connectivity index (χ3v) is 1.54. The third kappa shape index (κ3) is 2.37. The fraction of sp³-hybridized carbons (Fsp3) is 0.0909. The Labute approximate surface area is 78.1 Å². The van der Waals surface area contributed by atoms with E-state index in [2.05, 4.69) is 13.2 Å². The zero-order valence-electron chi connectivity index (χ0n) is 7.62. The second-order valence-electron chi connectivity index (χ2n) is 2.42. The lowest BCUT2D eigenvalue weighted by Gasteiger charge is -2.08. The van der Waals surface area contributed by atoms with Gasteiger partial charge in [0.05, 0.1) is 7.11 Å². The molecule has 0 aliphatic carbocycles. The van der Waals surface area contributed by atoms with Crippen molar-refractivity contribution < 1.29 is 9.47 Å². The van der Waals surface area contributed by atoms with Gasteiger partial charge in [0.2, 0.25) is 0 Å². The second kappa shape index (κ2) is 4.36. The molecule has 0 saturated carbocycles. The van der Waals surface area contributed by atoms with Crippen LogP contribution in [0.1, 0.15) is 0 Å². The van der Waals surface area contributed by atoms with Gasteiger partial charge < -0.3 is 9.47 Å². The summed E-state index contributed by atoms with van der Waals surface area (Å²) in [6, 6.07) is 7.38. The fourth-order valence-corrected chi connectivity index (χ4v) is 0.886. The molecule has 0 unspecified atom stereocenters. The SMILES string of the molecule is C=CC(=C)Oc1ccccc1OC. The zero-order chi connectivity index (χ0) is 9.68. The molecule has 1 rings (SSSR count). The van der Waals surface area contributed by atoms with Crippen molar-refractivity contribution in [3.63, 3.8) is 0 Å². The predicted molar refractivity (Wildman–Crippen MR) is 53.0 cm³/mol. The minimum Gasteiger partial charge on any atom is -0.493 e. The molecule has 68 valence electrons. The largest absolute Gasteiger partial charge is 0.493 e. The van der Waals surface area contributed by atoms with E-state index in [-0.39, 0.29) is 0 Å². The summed E-state index contributed by atoms with van der Waals surface area (Å²) in [6.45, 7) is 7.19. The zero-order valence-corrected chi connectivity index (χ0v) is 7.62. The summed E-state index contributed by atoms with van der Waals surface area (Å²) in [5, 5.41) is 0. The lowest BCUT2D eigenvalue weighted by atomic mass is 10.3. The van der Waals surface area contributed by atoms with Crippen molar-refractivity contribution in [3.05, 3.63) is 49.3 Å². The monoisotopic (exact) mass is 176 g/mol. The Morgan fingerprint density at radius 1 is 1.31 bits per heavy atom. The molecule has 0 fully saturated rings. The van der Waals surface area contributed by atoms with E-state index in [1.54, 1.807) is 13.2 Å². The van der Waals surface area contributed by atoms with Crippen LogP contribution in [-0.2, 0) is 0 Å². The lowest BCUT2D eigenvalue weighted by Crippen LogP contribution is -1.93. The number of methoxy groups -OCH3 is 1. The van der Waals surface area contributed by atoms with Crippen LogP contribution in [-0.4, -0.2) is 7.11 Å². The topological polar surface area (TPSA) is 18.5 Å². The van der Waals surface area contributed by atoms with Crippen LogP contribution in [0.3, 0.4) is 0 Å². The van der Waals surface area contributed by atoms with E-state index in [9.17, 15) is 0 Å². The Morgan fingerprint density at radius 3 is 2.46 bits per heavy atom. The first-order valence-corrected chi connectivity index (χ1v) is 3.90. The van der Waals surface area contributed by atoms with E-state index in [1.165, 1.54) is 0 Å². The van der Waals surface area contributed by atoms with Gasteiger partial charge >= 0.3 is 0 Å². The Bertz CT molecular complexity index is 316. The fourth-order valence-electron chi connectivity index (χ4n) is 0.886. The molecule has 0 aliphatic rings. The molecule has 0 aromatic heterocycles. The molecule has 2 nitrogen and oxygen atoms in total. The molecule has 0 atom stereocenters. The van der Waals surface area contributed by atoms with E-state index < -0.39 is 0 Å². The van der Waals surface area contributed by atoms with E-state index >= 15 is 0 Å². The van der Waals surface area contributed by atoms with Crippen molar-refractivity contribution >= 4 is 0 Å². The summed E-state index contributed by atoms with van der Waals surface area (Å²) in [6.07, 6.45) is 1.55. The van der Waals surface area contributed by atoms with Crippen molar-refractivity contribution in [1.82, 2.24) is 0 Å². The number of rotatable bonds is 4. The lowest BCUT2D eigenvalue weighted by molar-refractivity contribution is 0.368. The number of benzene rings is 1. The maximum absolute atomic E-state index is 5.35. The Morgan fingerprint density at radius 2 is 1.92 bits per heavy atom.